The molecule has 4 heteroatoms. The molecular weight excluding hydrogens is 212 g/mol. The van der Waals surface area contributed by atoms with Crippen LogP contribution in [-0.4, -0.2) is 27.9 Å². The lowest BCUT2D eigenvalue weighted by molar-refractivity contribution is 0.274. The largest absolute Gasteiger partial charge is 0.316 e. The van der Waals surface area contributed by atoms with Crippen molar-refractivity contribution in [2.75, 3.05) is 13.1 Å². The molecule has 0 saturated carbocycles. The second-order valence-corrected chi connectivity index (χ2v) is 5.21. The predicted octanol–water partition coefficient (Wildman–Crippen LogP) is 1.56. The molecular formula is C13H24N4. The number of hydrogen-bond donors (Lipinski definition) is 1. The van der Waals surface area contributed by atoms with Gasteiger partial charge in [0, 0.05) is 19.9 Å². The van der Waals surface area contributed by atoms with Crippen molar-refractivity contribution in [1.82, 2.24) is 20.1 Å². The van der Waals surface area contributed by atoms with E-state index in [9.17, 15) is 0 Å². The van der Waals surface area contributed by atoms with Gasteiger partial charge < -0.3 is 5.32 Å². The van der Waals surface area contributed by atoms with E-state index in [4.69, 9.17) is 0 Å². The third-order valence-electron chi connectivity index (χ3n) is 3.86. The van der Waals surface area contributed by atoms with Gasteiger partial charge in [-0.3, -0.25) is 4.68 Å². The molecule has 96 valence electrons. The summed E-state index contributed by atoms with van der Waals surface area (Å²) in [6.45, 7) is 6.80. The lowest BCUT2D eigenvalue weighted by Gasteiger charge is -2.28. The molecule has 1 aliphatic heterocycles. The summed E-state index contributed by atoms with van der Waals surface area (Å²) in [5, 5.41) is 7.91. The van der Waals surface area contributed by atoms with Crippen LogP contribution < -0.4 is 5.32 Å². The van der Waals surface area contributed by atoms with Crippen LogP contribution in [0.15, 0.2) is 0 Å². The Morgan fingerprint density at radius 1 is 1.53 bits per heavy atom. The highest BCUT2D eigenvalue weighted by Gasteiger charge is 2.21. The van der Waals surface area contributed by atoms with E-state index in [-0.39, 0.29) is 0 Å². The fraction of sp³-hybridized carbons (Fsp3) is 0.846. The van der Waals surface area contributed by atoms with Crippen molar-refractivity contribution in [3.63, 3.8) is 0 Å². The van der Waals surface area contributed by atoms with E-state index in [0.717, 1.165) is 30.4 Å². The average molecular weight is 236 g/mol. The molecule has 1 N–H and O–H groups in total. The molecule has 1 aliphatic rings. The molecule has 1 fully saturated rings. The van der Waals surface area contributed by atoms with E-state index in [0.29, 0.717) is 5.92 Å². The number of nitrogens with one attached hydrogen (secondary N) is 1. The molecule has 17 heavy (non-hydrogen) atoms. The van der Waals surface area contributed by atoms with Crippen LogP contribution in [0.1, 0.15) is 38.3 Å². The zero-order chi connectivity index (χ0) is 12.3. The first kappa shape index (κ1) is 12.6. The lowest BCUT2D eigenvalue weighted by Crippen LogP contribution is -2.34. The topological polar surface area (TPSA) is 42.7 Å². The highest BCUT2D eigenvalue weighted by Crippen LogP contribution is 2.22. The van der Waals surface area contributed by atoms with Crippen molar-refractivity contribution in [3.8, 4) is 0 Å². The van der Waals surface area contributed by atoms with Crippen LogP contribution in [0.5, 0.6) is 0 Å². The number of aryl methyl sites for hydroxylation is 2. The molecule has 0 aromatic carbocycles. The van der Waals surface area contributed by atoms with Gasteiger partial charge in [-0.25, -0.2) is 4.98 Å². The van der Waals surface area contributed by atoms with Crippen molar-refractivity contribution in [2.45, 2.75) is 39.5 Å². The first-order chi connectivity index (χ1) is 8.20. The number of aromatic nitrogens is 3. The minimum atomic E-state index is 0.690. The van der Waals surface area contributed by atoms with Gasteiger partial charge in [-0.15, -0.1) is 0 Å². The molecule has 0 spiro atoms. The van der Waals surface area contributed by atoms with Gasteiger partial charge in [0.15, 0.2) is 5.82 Å². The maximum atomic E-state index is 4.59. The van der Waals surface area contributed by atoms with Crippen LogP contribution in [-0.2, 0) is 19.9 Å². The Morgan fingerprint density at radius 2 is 2.35 bits per heavy atom. The third-order valence-corrected chi connectivity index (χ3v) is 3.86. The molecule has 0 radical (unpaired) electrons. The van der Waals surface area contributed by atoms with E-state index in [1.165, 1.54) is 25.9 Å². The summed E-state index contributed by atoms with van der Waals surface area (Å²) in [6.07, 6.45) is 4.64. The zero-order valence-corrected chi connectivity index (χ0v) is 11.2. The maximum Gasteiger partial charge on any atom is 0.150 e. The summed E-state index contributed by atoms with van der Waals surface area (Å²) in [5.41, 5.74) is 0. The highest BCUT2D eigenvalue weighted by molar-refractivity contribution is 4.94. The van der Waals surface area contributed by atoms with Crippen LogP contribution in [0.25, 0.3) is 0 Å². The molecule has 1 aromatic rings. The summed E-state index contributed by atoms with van der Waals surface area (Å²) in [7, 11) is 2.01. The number of rotatable bonds is 4. The summed E-state index contributed by atoms with van der Waals surface area (Å²) in [6, 6.07) is 0. The van der Waals surface area contributed by atoms with Gasteiger partial charge in [0.05, 0.1) is 0 Å². The van der Waals surface area contributed by atoms with Crippen LogP contribution in [0.4, 0.5) is 0 Å². The zero-order valence-electron chi connectivity index (χ0n) is 11.2. The van der Waals surface area contributed by atoms with Crippen LogP contribution in [0.2, 0.25) is 0 Å². The molecule has 2 atom stereocenters. The summed E-state index contributed by atoms with van der Waals surface area (Å²) in [5.74, 6) is 3.59. The van der Waals surface area contributed by atoms with E-state index in [1.807, 2.05) is 11.7 Å². The molecule has 2 heterocycles. The van der Waals surface area contributed by atoms with E-state index in [1.54, 1.807) is 0 Å². The van der Waals surface area contributed by atoms with Crippen molar-refractivity contribution in [2.24, 2.45) is 18.9 Å². The van der Waals surface area contributed by atoms with Gasteiger partial charge in [-0.2, -0.15) is 5.10 Å². The molecule has 1 aromatic heterocycles. The first-order valence-electron chi connectivity index (χ1n) is 6.80. The van der Waals surface area contributed by atoms with Gasteiger partial charge in [0.25, 0.3) is 0 Å². The number of hydrogen-bond acceptors (Lipinski definition) is 3. The molecule has 2 rings (SSSR count). The summed E-state index contributed by atoms with van der Waals surface area (Å²) < 4.78 is 1.95. The Balaban J connectivity index is 1.96. The third kappa shape index (κ3) is 3.06. The molecule has 0 aliphatic carbocycles. The maximum absolute atomic E-state index is 4.59. The SMILES string of the molecule is CCc1nc(CC(C)C2CCCNC2)n(C)n1. The van der Waals surface area contributed by atoms with Gasteiger partial charge in [-0.1, -0.05) is 13.8 Å². The van der Waals surface area contributed by atoms with Crippen LogP contribution in [0, 0.1) is 11.8 Å². The molecule has 0 bridgehead atoms. The lowest BCUT2D eigenvalue weighted by atomic mass is 9.85. The van der Waals surface area contributed by atoms with Crippen molar-refractivity contribution < 1.29 is 0 Å². The molecule has 4 nitrogen and oxygen atoms in total. The quantitative estimate of drug-likeness (QED) is 0.862. The minimum Gasteiger partial charge on any atom is -0.316 e. The van der Waals surface area contributed by atoms with E-state index >= 15 is 0 Å². The van der Waals surface area contributed by atoms with Gasteiger partial charge in [0.2, 0.25) is 0 Å². The van der Waals surface area contributed by atoms with Crippen LogP contribution in [0.3, 0.4) is 0 Å². The Kier molecular flexibility index (Phi) is 4.15. The fourth-order valence-electron chi connectivity index (χ4n) is 2.62. The first-order valence-corrected chi connectivity index (χ1v) is 6.80. The minimum absolute atomic E-state index is 0.690. The Hall–Kier alpha value is -0.900. The molecule has 1 saturated heterocycles. The molecule has 2 unspecified atom stereocenters. The van der Waals surface area contributed by atoms with Crippen molar-refractivity contribution in [1.29, 1.82) is 0 Å². The van der Waals surface area contributed by atoms with Gasteiger partial charge in [0.1, 0.15) is 5.82 Å². The summed E-state index contributed by atoms with van der Waals surface area (Å²) >= 11 is 0. The summed E-state index contributed by atoms with van der Waals surface area (Å²) in [4.78, 5) is 4.59. The molecule has 0 amide bonds. The van der Waals surface area contributed by atoms with Gasteiger partial charge in [-0.05, 0) is 37.8 Å². The van der Waals surface area contributed by atoms with Gasteiger partial charge >= 0.3 is 0 Å². The van der Waals surface area contributed by atoms with Crippen LogP contribution >= 0.6 is 0 Å². The average Bonchev–Trinajstić information content (AvgIpc) is 2.71. The Labute approximate surface area is 104 Å². The predicted molar refractivity (Wildman–Crippen MR) is 68.8 cm³/mol. The smallest absolute Gasteiger partial charge is 0.150 e. The second kappa shape index (κ2) is 5.63. The fourth-order valence-corrected chi connectivity index (χ4v) is 2.62. The number of nitrogens with zero attached hydrogens (tertiary/aromatic N) is 3. The standard InChI is InChI=1S/C13H24N4/c1-4-12-15-13(17(3)16-12)8-10(2)11-6-5-7-14-9-11/h10-11,14H,4-9H2,1-3H3. The van der Waals surface area contributed by atoms with Crippen molar-refractivity contribution in [3.05, 3.63) is 11.6 Å². The highest BCUT2D eigenvalue weighted by atomic mass is 15.3. The number of piperidine rings is 1. The Morgan fingerprint density at radius 3 is 2.94 bits per heavy atom. The van der Waals surface area contributed by atoms with E-state index < -0.39 is 0 Å². The second-order valence-electron chi connectivity index (χ2n) is 5.21. The van der Waals surface area contributed by atoms with E-state index in [2.05, 4.69) is 29.2 Å². The Bertz CT molecular complexity index is 352. The van der Waals surface area contributed by atoms with Crippen molar-refractivity contribution >= 4 is 0 Å². The normalized spacial score (nSPS) is 22.6. The monoisotopic (exact) mass is 236 g/mol.